The molecular formula is C23H29N3O5. The minimum atomic E-state index is -0.276. The van der Waals surface area contributed by atoms with Crippen molar-refractivity contribution >= 4 is 23.3 Å². The molecule has 1 aliphatic heterocycles. The molecule has 166 valence electrons. The molecule has 1 aliphatic rings. The summed E-state index contributed by atoms with van der Waals surface area (Å²) in [5.74, 6) is 1.21. The second-order valence-electron chi connectivity index (χ2n) is 7.28. The molecule has 1 unspecified atom stereocenters. The molecule has 31 heavy (non-hydrogen) atoms. The van der Waals surface area contributed by atoms with E-state index in [-0.39, 0.29) is 18.0 Å². The number of nitrogens with one attached hydrogen (secondary N) is 3. The summed E-state index contributed by atoms with van der Waals surface area (Å²) >= 11 is 0. The Hall–Kier alpha value is -3.26. The van der Waals surface area contributed by atoms with E-state index < -0.39 is 0 Å². The van der Waals surface area contributed by atoms with Gasteiger partial charge in [0.1, 0.15) is 0 Å². The highest BCUT2D eigenvalue weighted by molar-refractivity contribution is 5.92. The normalized spacial score (nSPS) is 15.2. The first kappa shape index (κ1) is 22.4. The maximum Gasteiger partial charge on any atom is 0.319 e. The topological polar surface area (TPSA) is 97.9 Å². The summed E-state index contributed by atoms with van der Waals surface area (Å²) in [4.78, 5) is 24.3. The van der Waals surface area contributed by atoms with Crippen molar-refractivity contribution in [2.75, 3.05) is 38.0 Å². The van der Waals surface area contributed by atoms with Crippen LogP contribution in [0, 0.1) is 0 Å². The van der Waals surface area contributed by atoms with Crippen LogP contribution in [0.15, 0.2) is 42.5 Å². The van der Waals surface area contributed by atoms with Gasteiger partial charge in [0.2, 0.25) is 5.91 Å². The summed E-state index contributed by atoms with van der Waals surface area (Å²) < 4.78 is 16.0. The Morgan fingerprint density at radius 1 is 1.00 bits per heavy atom. The highest BCUT2D eigenvalue weighted by atomic mass is 16.5. The van der Waals surface area contributed by atoms with Crippen LogP contribution >= 0.6 is 0 Å². The predicted molar refractivity (Wildman–Crippen MR) is 119 cm³/mol. The van der Waals surface area contributed by atoms with Gasteiger partial charge >= 0.3 is 6.03 Å². The van der Waals surface area contributed by atoms with Gasteiger partial charge in [-0.25, -0.2) is 4.79 Å². The molecule has 0 aromatic heterocycles. The lowest BCUT2D eigenvalue weighted by molar-refractivity contribution is -0.116. The third-order valence-electron chi connectivity index (χ3n) is 5.03. The third kappa shape index (κ3) is 6.89. The van der Waals surface area contributed by atoms with Gasteiger partial charge in [0.05, 0.1) is 20.3 Å². The van der Waals surface area contributed by atoms with Crippen molar-refractivity contribution in [2.45, 2.75) is 31.8 Å². The lowest BCUT2D eigenvalue weighted by Gasteiger charge is -2.12. The quantitative estimate of drug-likeness (QED) is 0.568. The highest BCUT2D eigenvalue weighted by Gasteiger charge is 2.16. The number of ether oxygens (including phenoxy) is 3. The second-order valence-corrected chi connectivity index (χ2v) is 7.28. The van der Waals surface area contributed by atoms with Crippen molar-refractivity contribution in [3.8, 4) is 11.5 Å². The third-order valence-corrected chi connectivity index (χ3v) is 5.03. The first-order valence-corrected chi connectivity index (χ1v) is 10.3. The van der Waals surface area contributed by atoms with Gasteiger partial charge in [0, 0.05) is 30.9 Å². The fraction of sp³-hybridized carbons (Fsp3) is 0.391. The number of methoxy groups -OCH3 is 2. The van der Waals surface area contributed by atoms with E-state index >= 15 is 0 Å². The standard InChI is InChI=1S/C23H29N3O5/c1-29-20-11-5-16(14-21(20)30-2)6-12-22(27)25-17-7-9-18(10-8-17)26-23(28)24-15-19-4-3-13-31-19/h5,7-11,14,19H,3-4,6,12-13,15H2,1-2H3,(H,25,27)(H2,24,26,28). The fourth-order valence-corrected chi connectivity index (χ4v) is 3.34. The van der Waals surface area contributed by atoms with Crippen LogP contribution in [0.3, 0.4) is 0 Å². The van der Waals surface area contributed by atoms with E-state index in [1.807, 2.05) is 18.2 Å². The summed E-state index contributed by atoms with van der Waals surface area (Å²) in [5, 5.41) is 8.45. The van der Waals surface area contributed by atoms with Gasteiger partial charge in [-0.2, -0.15) is 0 Å². The van der Waals surface area contributed by atoms with Crippen LogP contribution in [0.25, 0.3) is 0 Å². The van der Waals surface area contributed by atoms with E-state index in [0.717, 1.165) is 25.0 Å². The Balaban J connectivity index is 1.42. The molecule has 3 rings (SSSR count). The molecule has 1 fully saturated rings. The smallest absolute Gasteiger partial charge is 0.319 e. The Labute approximate surface area is 182 Å². The van der Waals surface area contributed by atoms with Gasteiger partial charge in [-0.05, 0) is 61.2 Å². The number of urea groups is 1. The van der Waals surface area contributed by atoms with Gasteiger partial charge in [-0.1, -0.05) is 6.07 Å². The van der Waals surface area contributed by atoms with Gasteiger partial charge < -0.3 is 30.2 Å². The molecule has 3 amide bonds. The zero-order chi connectivity index (χ0) is 22.1. The fourth-order valence-electron chi connectivity index (χ4n) is 3.34. The molecule has 3 N–H and O–H groups in total. The molecule has 0 aliphatic carbocycles. The number of carbonyl (C=O) groups excluding carboxylic acids is 2. The molecule has 2 aromatic rings. The number of carbonyl (C=O) groups is 2. The maximum absolute atomic E-state index is 12.3. The molecule has 0 radical (unpaired) electrons. The van der Waals surface area contributed by atoms with Crippen LogP contribution in [0.2, 0.25) is 0 Å². The molecule has 8 heteroatoms. The summed E-state index contributed by atoms with van der Waals surface area (Å²) in [6, 6.07) is 12.3. The number of aryl methyl sites for hydroxylation is 1. The highest BCUT2D eigenvalue weighted by Crippen LogP contribution is 2.28. The van der Waals surface area contributed by atoms with E-state index in [0.29, 0.717) is 42.3 Å². The first-order valence-electron chi connectivity index (χ1n) is 10.3. The van der Waals surface area contributed by atoms with Crippen LogP contribution in [-0.4, -0.2) is 45.4 Å². The Morgan fingerprint density at radius 2 is 1.71 bits per heavy atom. The van der Waals surface area contributed by atoms with Crippen LogP contribution in [0.1, 0.15) is 24.8 Å². The molecule has 0 bridgehead atoms. The summed E-state index contributed by atoms with van der Waals surface area (Å²) in [6.07, 6.45) is 3.02. The zero-order valence-electron chi connectivity index (χ0n) is 17.9. The number of hydrogen-bond acceptors (Lipinski definition) is 5. The van der Waals surface area contributed by atoms with Gasteiger partial charge in [-0.3, -0.25) is 4.79 Å². The maximum atomic E-state index is 12.3. The number of rotatable bonds is 9. The molecule has 0 spiro atoms. The van der Waals surface area contributed by atoms with E-state index in [1.54, 1.807) is 38.5 Å². The van der Waals surface area contributed by atoms with Crippen LogP contribution in [-0.2, 0) is 16.0 Å². The van der Waals surface area contributed by atoms with Gasteiger partial charge in [0.25, 0.3) is 0 Å². The van der Waals surface area contributed by atoms with Crippen molar-refractivity contribution in [3.05, 3.63) is 48.0 Å². The number of anilines is 2. The number of hydrogen-bond donors (Lipinski definition) is 3. The summed E-state index contributed by atoms with van der Waals surface area (Å²) in [7, 11) is 3.17. The zero-order valence-corrected chi connectivity index (χ0v) is 17.9. The van der Waals surface area contributed by atoms with Crippen molar-refractivity contribution in [3.63, 3.8) is 0 Å². The molecule has 8 nitrogen and oxygen atoms in total. The molecule has 0 saturated carbocycles. The van der Waals surface area contributed by atoms with Crippen LogP contribution in [0.4, 0.5) is 16.2 Å². The van der Waals surface area contributed by atoms with Crippen molar-refractivity contribution in [2.24, 2.45) is 0 Å². The van der Waals surface area contributed by atoms with E-state index in [9.17, 15) is 9.59 Å². The molecular weight excluding hydrogens is 398 g/mol. The summed E-state index contributed by atoms with van der Waals surface area (Å²) in [5.41, 5.74) is 2.30. The van der Waals surface area contributed by atoms with Gasteiger partial charge in [-0.15, -0.1) is 0 Å². The lowest BCUT2D eigenvalue weighted by atomic mass is 10.1. The Kier molecular flexibility index (Phi) is 8.12. The average molecular weight is 428 g/mol. The van der Waals surface area contributed by atoms with Crippen molar-refractivity contribution in [1.29, 1.82) is 0 Å². The van der Waals surface area contributed by atoms with Crippen molar-refractivity contribution < 1.29 is 23.8 Å². The SMILES string of the molecule is COc1ccc(CCC(=O)Nc2ccc(NC(=O)NCC3CCCO3)cc2)cc1OC. The lowest BCUT2D eigenvalue weighted by Crippen LogP contribution is -2.35. The largest absolute Gasteiger partial charge is 0.493 e. The molecule has 1 saturated heterocycles. The van der Waals surface area contributed by atoms with Crippen LogP contribution in [0.5, 0.6) is 11.5 Å². The molecule has 2 aromatic carbocycles. The first-order chi connectivity index (χ1) is 15.1. The van der Waals surface area contributed by atoms with Crippen molar-refractivity contribution in [1.82, 2.24) is 5.32 Å². The van der Waals surface area contributed by atoms with E-state index in [4.69, 9.17) is 14.2 Å². The Bertz CT molecular complexity index is 879. The van der Waals surface area contributed by atoms with Crippen LogP contribution < -0.4 is 25.4 Å². The monoisotopic (exact) mass is 427 g/mol. The number of benzene rings is 2. The molecule has 1 atom stereocenters. The molecule has 1 heterocycles. The summed E-state index contributed by atoms with van der Waals surface area (Å²) in [6.45, 7) is 1.26. The van der Waals surface area contributed by atoms with E-state index in [1.165, 1.54) is 0 Å². The average Bonchev–Trinajstić information content (AvgIpc) is 3.31. The minimum absolute atomic E-state index is 0.0928. The predicted octanol–water partition coefficient (Wildman–Crippen LogP) is 3.58. The second kappa shape index (κ2) is 11.2. The van der Waals surface area contributed by atoms with Gasteiger partial charge in [0.15, 0.2) is 11.5 Å². The number of amides is 3. The Morgan fingerprint density at radius 3 is 2.35 bits per heavy atom. The van der Waals surface area contributed by atoms with E-state index in [2.05, 4.69) is 16.0 Å². The minimum Gasteiger partial charge on any atom is -0.493 e.